The highest BCUT2D eigenvalue weighted by molar-refractivity contribution is 5.90. The third kappa shape index (κ3) is 5.09. The topological polar surface area (TPSA) is 123 Å². The molecule has 1 fully saturated rings. The van der Waals surface area contributed by atoms with Gasteiger partial charge in [-0.1, -0.05) is 36.4 Å². The van der Waals surface area contributed by atoms with E-state index in [1.165, 1.54) is 4.57 Å². The highest BCUT2D eigenvalue weighted by Crippen LogP contribution is 2.31. The highest BCUT2D eigenvalue weighted by Gasteiger charge is 2.40. The molecule has 0 saturated carbocycles. The molecule has 33 heavy (non-hydrogen) atoms. The molecule has 0 radical (unpaired) electrons. The van der Waals surface area contributed by atoms with E-state index >= 15 is 0 Å². The van der Waals surface area contributed by atoms with Crippen molar-refractivity contribution in [3.63, 3.8) is 0 Å². The molecule has 1 saturated heterocycles. The van der Waals surface area contributed by atoms with Crippen molar-refractivity contribution in [2.75, 3.05) is 12.3 Å². The molecule has 3 aromatic rings. The molecule has 4 rings (SSSR count). The molecule has 9 nitrogen and oxygen atoms in total. The Bertz CT molecular complexity index is 1200. The number of benzene rings is 2. The zero-order valence-corrected chi connectivity index (χ0v) is 17.9. The van der Waals surface area contributed by atoms with Crippen LogP contribution in [-0.2, 0) is 14.2 Å². The minimum Gasteiger partial charge on any atom is -0.459 e. The van der Waals surface area contributed by atoms with E-state index in [1.54, 1.807) is 73.8 Å². The fraction of sp³-hybridized carbons (Fsp3) is 0.250. The Labute approximate surface area is 189 Å². The molecule has 2 aromatic carbocycles. The number of rotatable bonds is 6. The molecule has 1 aliphatic rings. The Balaban J connectivity index is 1.53. The fourth-order valence-corrected chi connectivity index (χ4v) is 3.53. The van der Waals surface area contributed by atoms with Crippen LogP contribution in [0.2, 0.25) is 0 Å². The molecule has 170 valence electrons. The molecule has 3 atom stereocenters. The molecular formula is C24H23N3O6. The van der Waals surface area contributed by atoms with E-state index in [-0.39, 0.29) is 18.8 Å². The monoisotopic (exact) mass is 449 g/mol. The molecular weight excluding hydrogens is 426 g/mol. The summed E-state index contributed by atoms with van der Waals surface area (Å²) in [5.41, 5.74) is 6.51. The standard InChI is InChI=1S/C24H23N3O6/c1-15-13-27(24(30)26-21(15)25)20-12-18(33-23(29)17-10-6-3-7-11-17)19(32-20)14-31-22(28)16-8-4-2-5-9-16/h2-11,13,18-20H,12,14H2,1H3,(H2,25,26,30)/t18-,19-,20-/m1/s1. The summed E-state index contributed by atoms with van der Waals surface area (Å²) in [4.78, 5) is 41.2. The summed E-state index contributed by atoms with van der Waals surface area (Å²) in [6, 6.07) is 17.0. The fourth-order valence-electron chi connectivity index (χ4n) is 3.53. The van der Waals surface area contributed by atoms with Crippen molar-refractivity contribution in [1.29, 1.82) is 0 Å². The van der Waals surface area contributed by atoms with Crippen molar-refractivity contribution >= 4 is 17.8 Å². The van der Waals surface area contributed by atoms with Gasteiger partial charge in [-0.15, -0.1) is 0 Å². The summed E-state index contributed by atoms with van der Waals surface area (Å²) in [5.74, 6) is -0.934. The molecule has 2 N–H and O–H groups in total. The summed E-state index contributed by atoms with van der Waals surface area (Å²) in [6.45, 7) is 1.56. The van der Waals surface area contributed by atoms with E-state index in [1.807, 2.05) is 0 Å². The Morgan fingerprint density at radius 3 is 2.30 bits per heavy atom. The SMILES string of the molecule is Cc1cn([C@H]2C[C@@H](OC(=O)c3ccccc3)[C@@H](COC(=O)c3ccccc3)O2)c(=O)nc1N. The van der Waals surface area contributed by atoms with Crippen molar-refractivity contribution in [2.24, 2.45) is 0 Å². The molecule has 0 spiro atoms. The lowest BCUT2D eigenvalue weighted by Crippen LogP contribution is -2.32. The third-order valence-electron chi connectivity index (χ3n) is 5.32. The third-order valence-corrected chi connectivity index (χ3v) is 5.32. The quantitative estimate of drug-likeness (QED) is 0.570. The summed E-state index contributed by atoms with van der Waals surface area (Å²) < 4.78 is 18.4. The van der Waals surface area contributed by atoms with Crippen LogP contribution in [-0.4, -0.2) is 40.3 Å². The maximum atomic E-state index is 12.6. The number of hydrogen-bond donors (Lipinski definition) is 1. The second kappa shape index (κ2) is 9.66. The molecule has 0 unspecified atom stereocenters. The Morgan fingerprint density at radius 1 is 1.06 bits per heavy atom. The van der Waals surface area contributed by atoms with E-state index in [0.717, 1.165) is 0 Å². The van der Waals surface area contributed by atoms with Gasteiger partial charge in [-0.2, -0.15) is 4.98 Å². The van der Waals surface area contributed by atoms with Gasteiger partial charge in [0.05, 0.1) is 11.1 Å². The van der Waals surface area contributed by atoms with Gasteiger partial charge in [0.25, 0.3) is 0 Å². The molecule has 0 aliphatic carbocycles. The number of aryl methyl sites for hydroxylation is 1. The average molecular weight is 449 g/mol. The second-order valence-corrected chi connectivity index (χ2v) is 7.64. The van der Waals surface area contributed by atoms with E-state index in [4.69, 9.17) is 19.9 Å². The summed E-state index contributed by atoms with van der Waals surface area (Å²) in [6.07, 6.45) is -0.574. The smallest absolute Gasteiger partial charge is 0.351 e. The Hall–Kier alpha value is -3.98. The second-order valence-electron chi connectivity index (χ2n) is 7.64. The molecule has 1 aromatic heterocycles. The number of nitrogen functional groups attached to an aromatic ring is 1. The lowest BCUT2D eigenvalue weighted by molar-refractivity contribution is -0.0582. The number of hydrogen-bond acceptors (Lipinski definition) is 8. The van der Waals surface area contributed by atoms with Gasteiger partial charge >= 0.3 is 17.6 Å². The minimum atomic E-state index is -0.778. The maximum Gasteiger partial charge on any atom is 0.351 e. The van der Waals surface area contributed by atoms with Crippen LogP contribution >= 0.6 is 0 Å². The Kier molecular flexibility index (Phi) is 6.50. The van der Waals surface area contributed by atoms with Crippen LogP contribution in [0, 0.1) is 6.92 Å². The number of carbonyl (C=O) groups is 2. The molecule has 9 heteroatoms. The van der Waals surface area contributed by atoms with Crippen molar-refractivity contribution in [3.05, 3.63) is 94.0 Å². The highest BCUT2D eigenvalue weighted by atomic mass is 16.6. The maximum absolute atomic E-state index is 12.6. The zero-order chi connectivity index (χ0) is 23.4. The lowest BCUT2D eigenvalue weighted by atomic mass is 10.1. The van der Waals surface area contributed by atoms with Crippen molar-refractivity contribution < 1.29 is 23.8 Å². The molecule has 2 heterocycles. The van der Waals surface area contributed by atoms with Gasteiger partial charge in [0, 0.05) is 18.2 Å². The first-order valence-corrected chi connectivity index (χ1v) is 10.4. The van der Waals surface area contributed by atoms with Gasteiger partial charge in [-0.05, 0) is 31.2 Å². The van der Waals surface area contributed by atoms with Crippen molar-refractivity contribution in [1.82, 2.24) is 9.55 Å². The molecule has 1 aliphatic heterocycles. The lowest BCUT2D eigenvalue weighted by Gasteiger charge is -2.19. The van der Waals surface area contributed by atoms with Gasteiger partial charge in [-0.25, -0.2) is 14.4 Å². The van der Waals surface area contributed by atoms with Gasteiger partial charge in [-0.3, -0.25) is 4.57 Å². The van der Waals surface area contributed by atoms with E-state index < -0.39 is 36.1 Å². The first-order valence-electron chi connectivity index (χ1n) is 10.4. The van der Waals surface area contributed by atoms with Gasteiger partial charge in [0.2, 0.25) is 0 Å². The normalized spacial score (nSPS) is 19.7. The van der Waals surface area contributed by atoms with Crippen LogP contribution < -0.4 is 11.4 Å². The van der Waals surface area contributed by atoms with Crippen LogP contribution in [0.4, 0.5) is 5.82 Å². The molecule has 0 amide bonds. The van der Waals surface area contributed by atoms with Crippen LogP contribution in [0.25, 0.3) is 0 Å². The van der Waals surface area contributed by atoms with Crippen LogP contribution in [0.3, 0.4) is 0 Å². The van der Waals surface area contributed by atoms with Crippen LogP contribution in [0.15, 0.2) is 71.7 Å². The summed E-state index contributed by atoms with van der Waals surface area (Å²) in [5, 5.41) is 0. The van der Waals surface area contributed by atoms with E-state index in [2.05, 4.69) is 4.98 Å². The van der Waals surface area contributed by atoms with Gasteiger partial charge in [0.15, 0.2) is 0 Å². The van der Waals surface area contributed by atoms with Crippen LogP contribution in [0.5, 0.6) is 0 Å². The van der Waals surface area contributed by atoms with Crippen molar-refractivity contribution in [2.45, 2.75) is 31.8 Å². The number of nitrogens with zero attached hydrogens (tertiary/aromatic N) is 2. The zero-order valence-electron chi connectivity index (χ0n) is 17.9. The largest absolute Gasteiger partial charge is 0.459 e. The Morgan fingerprint density at radius 2 is 1.67 bits per heavy atom. The predicted octanol–water partition coefficient (Wildman–Crippen LogP) is 2.50. The summed E-state index contributed by atoms with van der Waals surface area (Å²) in [7, 11) is 0. The number of anilines is 1. The predicted molar refractivity (Wildman–Crippen MR) is 119 cm³/mol. The number of aromatic nitrogens is 2. The number of esters is 2. The van der Waals surface area contributed by atoms with Crippen molar-refractivity contribution in [3.8, 4) is 0 Å². The van der Waals surface area contributed by atoms with Gasteiger partial charge in [0.1, 0.15) is 30.9 Å². The van der Waals surface area contributed by atoms with Gasteiger partial charge < -0.3 is 19.9 Å². The van der Waals surface area contributed by atoms with E-state index in [0.29, 0.717) is 16.7 Å². The van der Waals surface area contributed by atoms with E-state index in [9.17, 15) is 14.4 Å². The number of carbonyl (C=O) groups excluding carboxylic acids is 2. The summed E-state index contributed by atoms with van der Waals surface area (Å²) >= 11 is 0. The minimum absolute atomic E-state index is 0.134. The number of ether oxygens (including phenoxy) is 3. The first-order chi connectivity index (χ1) is 15.9. The average Bonchev–Trinajstić information content (AvgIpc) is 3.23. The number of nitrogens with two attached hydrogens (primary N) is 1. The molecule has 0 bridgehead atoms. The first kappa shape index (κ1) is 22.2. The van der Waals surface area contributed by atoms with Crippen LogP contribution in [0.1, 0.15) is 38.9 Å².